The topological polar surface area (TPSA) is 51.8 Å². The van der Waals surface area contributed by atoms with Gasteiger partial charge in [0, 0.05) is 42.1 Å². The van der Waals surface area contributed by atoms with Crippen LogP contribution in [0.15, 0.2) is 89.3 Å². The zero-order valence-electron chi connectivity index (χ0n) is 17.1. The zero-order valence-corrected chi connectivity index (χ0v) is 18.7. The lowest BCUT2D eigenvalue weighted by atomic mass is 10.1. The molecule has 0 spiro atoms. The smallest absolute Gasteiger partial charge is 0.226 e. The number of halogens is 1. The molecule has 7 rings (SSSR count). The lowest BCUT2D eigenvalue weighted by molar-refractivity contribution is 0.669. The average Bonchev–Trinajstić information content (AvgIpc) is 3.41. The van der Waals surface area contributed by atoms with E-state index in [1.165, 1.54) is 14.8 Å². The molecule has 0 N–H and O–H groups in total. The highest BCUT2D eigenvalue weighted by Crippen LogP contribution is 2.39. The molecule has 0 aliphatic heterocycles. The Morgan fingerprint density at radius 1 is 0.636 bits per heavy atom. The summed E-state index contributed by atoms with van der Waals surface area (Å²) in [4.78, 5) is 13.7. The molecule has 0 saturated carbocycles. The second-order valence-electron chi connectivity index (χ2n) is 7.84. The molecule has 3 heterocycles. The van der Waals surface area contributed by atoms with Crippen molar-refractivity contribution in [2.75, 3.05) is 0 Å². The quantitative estimate of drug-likeness (QED) is 0.259. The number of benzene rings is 4. The molecule has 0 fully saturated rings. The third-order valence-corrected chi connectivity index (χ3v) is 7.19. The molecule has 7 aromatic rings. The van der Waals surface area contributed by atoms with Crippen molar-refractivity contribution in [1.29, 1.82) is 0 Å². The van der Waals surface area contributed by atoms with Gasteiger partial charge in [0.25, 0.3) is 0 Å². The van der Waals surface area contributed by atoms with Gasteiger partial charge in [-0.3, -0.25) is 0 Å². The van der Waals surface area contributed by atoms with E-state index in [4.69, 9.17) is 21.0 Å². The fourth-order valence-corrected chi connectivity index (χ4v) is 5.72. The molecule has 4 nitrogen and oxygen atoms in total. The minimum Gasteiger partial charge on any atom is -0.456 e. The van der Waals surface area contributed by atoms with Crippen molar-refractivity contribution in [2.24, 2.45) is 0 Å². The van der Waals surface area contributed by atoms with E-state index in [0.29, 0.717) is 11.6 Å². The van der Waals surface area contributed by atoms with Crippen LogP contribution >= 0.6 is 22.9 Å². The van der Waals surface area contributed by atoms with Crippen LogP contribution in [0, 0.1) is 0 Å². The molecule has 33 heavy (non-hydrogen) atoms. The minimum atomic E-state index is 0.163. The maximum Gasteiger partial charge on any atom is 0.226 e. The van der Waals surface area contributed by atoms with Crippen molar-refractivity contribution in [1.82, 2.24) is 15.0 Å². The first-order valence-electron chi connectivity index (χ1n) is 10.5. The van der Waals surface area contributed by atoms with E-state index in [0.717, 1.165) is 38.5 Å². The number of nitrogens with zero attached hydrogens (tertiary/aromatic N) is 3. The lowest BCUT2D eigenvalue weighted by Crippen LogP contribution is -1.97. The summed E-state index contributed by atoms with van der Waals surface area (Å²) >= 11 is 8.15. The summed E-state index contributed by atoms with van der Waals surface area (Å²) in [5, 5.41) is 4.64. The van der Waals surface area contributed by atoms with E-state index < -0.39 is 0 Å². The molecule has 0 aliphatic rings. The van der Waals surface area contributed by atoms with E-state index in [1.807, 2.05) is 48.5 Å². The van der Waals surface area contributed by atoms with E-state index in [1.54, 1.807) is 11.3 Å². The van der Waals surface area contributed by atoms with Crippen LogP contribution < -0.4 is 0 Å². The Morgan fingerprint density at radius 2 is 1.39 bits per heavy atom. The molecule has 0 amide bonds. The van der Waals surface area contributed by atoms with Gasteiger partial charge in [-0.25, -0.2) is 4.98 Å². The van der Waals surface area contributed by atoms with Crippen LogP contribution in [0.2, 0.25) is 5.28 Å². The molecule has 0 atom stereocenters. The predicted molar refractivity (Wildman–Crippen MR) is 136 cm³/mol. The third-order valence-electron chi connectivity index (χ3n) is 5.89. The fraction of sp³-hybridized carbons (Fsp3) is 0. The van der Waals surface area contributed by atoms with Crippen molar-refractivity contribution in [3.05, 3.63) is 90.2 Å². The predicted octanol–water partition coefficient (Wildman–Crippen LogP) is 8.13. The molecule has 4 aromatic carbocycles. The van der Waals surface area contributed by atoms with E-state index in [9.17, 15) is 0 Å². The lowest BCUT2D eigenvalue weighted by Gasteiger charge is -2.07. The van der Waals surface area contributed by atoms with E-state index in [-0.39, 0.29) is 5.28 Å². The summed E-state index contributed by atoms with van der Waals surface area (Å²) in [6.45, 7) is 0. The van der Waals surface area contributed by atoms with Crippen LogP contribution in [0.5, 0.6) is 0 Å². The Morgan fingerprint density at radius 3 is 2.33 bits per heavy atom. The summed E-state index contributed by atoms with van der Waals surface area (Å²) < 4.78 is 8.47. The molecule has 156 valence electrons. The first-order valence-corrected chi connectivity index (χ1v) is 11.7. The Hall–Kier alpha value is -3.80. The average molecular weight is 464 g/mol. The molecule has 0 bridgehead atoms. The van der Waals surface area contributed by atoms with Crippen LogP contribution in [0.1, 0.15) is 0 Å². The van der Waals surface area contributed by atoms with Crippen molar-refractivity contribution < 1.29 is 4.42 Å². The van der Waals surface area contributed by atoms with Gasteiger partial charge in [-0.1, -0.05) is 54.6 Å². The van der Waals surface area contributed by atoms with Crippen molar-refractivity contribution in [3.8, 4) is 22.8 Å². The normalized spacial score (nSPS) is 11.8. The monoisotopic (exact) mass is 463 g/mol. The molecule has 0 radical (unpaired) electrons. The van der Waals surface area contributed by atoms with Crippen molar-refractivity contribution in [2.45, 2.75) is 0 Å². The first-order chi connectivity index (χ1) is 16.2. The van der Waals surface area contributed by atoms with Gasteiger partial charge in [0.1, 0.15) is 11.2 Å². The van der Waals surface area contributed by atoms with Gasteiger partial charge in [0.15, 0.2) is 11.6 Å². The zero-order chi connectivity index (χ0) is 21.9. The summed E-state index contributed by atoms with van der Waals surface area (Å²) in [5.41, 5.74) is 3.42. The van der Waals surface area contributed by atoms with Gasteiger partial charge in [0.2, 0.25) is 5.28 Å². The minimum absolute atomic E-state index is 0.163. The second kappa shape index (κ2) is 7.10. The fourth-order valence-electron chi connectivity index (χ4n) is 4.43. The number of para-hydroxylation sites is 1. The largest absolute Gasteiger partial charge is 0.456 e. The highest BCUT2D eigenvalue weighted by atomic mass is 35.5. The van der Waals surface area contributed by atoms with Gasteiger partial charge in [0.05, 0.1) is 0 Å². The number of thiophene rings is 1. The SMILES string of the molecule is Clc1nc(-c2ccc3c(c2)oc2ccccc23)nc(-c2cccc3sc4ccccc4c23)n1. The Labute approximate surface area is 197 Å². The summed E-state index contributed by atoms with van der Waals surface area (Å²) in [6, 6.07) is 28.6. The van der Waals surface area contributed by atoms with Crippen molar-refractivity contribution in [3.63, 3.8) is 0 Å². The number of furan rings is 1. The summed E-state index contributed by atoms with van der Waals surface area (Å²) in [7, 11) is 0. The van der Waals surface area contributed by atoms with Gasteiger partial charge in [-0.2, -0.15) is 9.97 Å². The molecule has 0 saturated heterocycles. The van der Waals surface area contributed by atoms with Crippen molar-refractivity contribution >= 4 is 65.0 Å². The van der Waals surface area contributed by atoms with E-state index in [2.05, 4.69) is 46.4 Å². The standard InChI is InChI=1S/C27H14ClN3OS/c28-27-30-25(15-12-13-17-16-6-1-3-9-20(16)32-21(17)14-15)29-26(31-27)19-8-5-11-23-24(19)18-7-2-4-10-22(18)33-23/h1-14H. The highest BCUT2D eigenvalue weighted by Gasteiger charge is 2.16. The Kier molecular flexibility index (Phi) is 4.03. The Balaban J connectivity index is 1.44. The number of hydrogen-bond acceptors (Lipinski definition) is 5. The number of aromatic nitrogens is 3. The molecule has 6 heteroatoms. The third kappa shape index (κ3) is 2.94. The van der Waals surface area contributed by atoms with Crippen LogP contribution in [0.3, 0.4) is 0 Å². The number of fused-ring (bicyclic) bond motifs is 6. The second-order valence-corrected chi connectivity index (χ2v) is 9.26. The van der Waals surface area contributed by atoms with Crippen LogP contribution in [0.25, 0.3) is 64.9 Å². The van der Waals surface area contributed by atoms with Gasteiger partial charge in [-0.05, 0) is 41.9 Å². The maximum absolute atomic E-state index is 6.39. The van der Waals surface area contributed by atoms with Crippen LogP contribution in [-0.4, -0.2) is 15.0 Å². The van der Waals surface area contributed by atoms with Gasteiger partial charge < -0.3 is 4.42 Å². The maximum atomic E-state index is 6.39. The summed E-state index contributed by atoms with van der Waals surface area (Å²) in [6.07, 6.45) is 0. The van der Waals surface area contributed by atoms with Gasteiger partial charge in [-0.15, -0.1) is 11.3 Å². The Bertz CT molecular complexity index is 1850. The number of hydrogen-bond donors (Lipinski definition) is 0. The summed E-state index contributed by atoms with van der Waals surface area (Å²) in [5.74, 6) is 1.08. The van der Waals surface area contributed by atoms with Crippen LogP contribution in [0.4, 0.5) is 0 Å². The molecule has 3 aromatic heterocycles. The first kappa shape index (κ1) is 18.7. The van der Waals surface area contributed by atoms with E-state index >= 15 is 0 Å². The van der Waals surface area contributed by atoms with Crippen LogP contribution in [-0.2, 0) is 0 Å². The van der Waals surface area contributed by atoms with Gasteiger partial charge >= 0.3 is 0 Å². The molecular formula is C27H14ClN3OS. The molecule has 0 aliphatic carbocycles. The number of rotatable bonds is 2. The highest BCUT2D eigenvalue weighted by molar-refractivity contribution is 7.25. The molecular weight excluding hydrogens is 450 g/mol. The molecule has 0 unspecified atom stereocenters.